The molecular weight excluding hydrogens is 191 g/mol. The van der Waals surface area contributed by atoms with Crippen LogP contribution in [0.25, 0.3) is 0 Å². The topological polar surface area (TPSA) is 52.6 Å². The van der Waals surface area contributed by atoms with E-state index in [0.29, 0.717) is 0 Å². The molecule has 0 aromatic carbocycles. The maximum atomic E-state index is 10.8. The Balaban J connectivity index is -0.000000500. The first kappa shape index (κ1) is 15.2. The minimum absolute atomic E-state index is 0. The molecule has 0 saturated carbocycles. The zero-order chi connectivity index (χ0) is 9.12. The van der Waals surface area contributed by atoms with Gasteiger partial charge in [0.1, 0.15) is 0 Å². The van der Waals surface area contributed by atoms with Crippen LogP contribution in [0.1, 0.15) is 8.35 Å². The van der Waals surface area contributed by atoms with Gasteiger partial charge in [-0.15, -0.1) is 0 Å². The summed E-state index contributed by atoms with van der Waals surface area (Å²) in [5.41, 5.74) is 0. The van der Waals surface area contributed by atoms with Crippen LogP contribution in [-0.4, -0.2) is 23.3 Å². The maximum Gasteiger partial charge on any atom is 1.00 e. The summed E-state index contributed by atoms with van der Waals surface area (Å²) in [5, 5.41) is 0. The van der Waals surface area contributed by atoms with E-state index in [0.717, 1.165) is 0 Å². The summed E-state index contributed by atoms with van der Waals surface area (Å²) in [5.74, 6) is 0. The fourth-order valence-electron chi connectivity index (χ4n) is 0.475. The van der Waals surface area contributed by atoms with Gasteiger partial charge in [0.15, 0.2) is 0 Å². The summed E-state index contributed by atoms with van der Waals surface area (Å²) in [6, 6.07) is 0. The van der Waals surface area contributed by atoms with Gasteiger partial charge in [-0.25, -0.2) is 4.18 Å². The van der Waals surface area contributed by atoms with Crippen molar-refractivity contribution < 1.29 is 36.8 Å². The molecule has 0 radical (unpaired) electrons. The Morgan fingerprint density at radius 2 is 1.75 bits per heavy atom. The number of hydrogen-bond donors (Lipinski definition) is 0. The van der Waals surface area contributed by atoms with Gasteiger partial charge in [0.05, 0.1) is 6.61 Å². The average Bonchev–Trinajstić information content (AvgIpc) is 1.55. The van der Waals surface area contributed by atoms with Crippen molar-refractivity contribution in [3.05, 3.63) is 0 Å². The Bertz CT molecular complexity index is 213. The van der Waals surface area contributed by atoms with Crippen LogP contribution >= 0.6 is 0 Å². The van der Waals surface area contributed by atoms with Crippen molar-refractivity contribution in [2.24, 2.45) is 0 Å². The summed E-state index contributed by atoms with van der Waals surface area (Å²) in [4.78, 5) is 0. The van der Waals surface area contributed by atoms with Gasteiger partial charge >= 0.3 is 29.3 Å². The second kappa shape index (κ2) is 5.42. The molecule has 0 heterocycles. The molecule has 0 spiro atoms. The zero-order valence-corrected chi connectivity index (χ0v) is 10.1. The first-order chi connectivity index (χ1) is 4.77. The standard InChI is InChI=1S/C5H14O4SSi.Li.H/c1-5-8-10(6,7)9-11(2,3)4;;/h5H2,1-4H3;;/q;+1;-1. The van der Waals surface area contributed by atoms with E-state index in [1.54, 1.807) is 26.6 Å². The van der Waals surface area contributed by atoms with E-state index < -0.39 is 18.7 Å². The molecule has 0 rings (SSSR count). The number of hydrogen-bond acceptors (Lipinski definition) is 4. The quantitative estimate of drug-likeness (QED) is 0.511. The number of rotatable bonds is 4. The van der Waals surface area contributed by atoms with E-state index in [1.165, 1.54) is 0 Å². The molecule has 0 aliphatic carbocycles. The third-order valence-electron chi connectivity index (χ3n) is 0.614. The van der Waals surface area contributed by atoms with Gasteiger partial charge in [0.25, 0.3) is 0 Å². The van der Waals surface area contributed by atoms with Crippen molar-refractivity contribution in [3.63, 3.8) is 0 Å². The summed E-state index contributed by atoms with van der Waals surface area (Å²) in [7, 11) is -5.77. The Labute approximate surface area is 88.8 Å². The largest absolute Gasteiger partial charge is 1.00 e. The SMILES string of the molecule is CCOS(=O)(=O)O[Si](C)(C)C.[H-].[Li+]. The van der Waals surface area contributed by atoms with Gasteiger partial charge in [-0.1, -0.05) is 0 Å². The molecule has 4 nitrogen and oxygen atoms in total. The summed E-state index contributed by atoms with van der Waals surface area (Å²) in [6.07, 6.45) is 0. The van der Waals surface area contributed by atoms with E-state index in [-0.39, 0.29) is 26.9 Å². The normalized spacial score (nSPS) is 12.3. The molecular formula is C5H15LiO4SSi. The predicted octanol–water partition coefficient (Wildman–Crippen LogP) is -1.76. The van der Waals surface area contributed by atoms with Gasteiger partial charge in [0, 0.05) is 0 Å². The van der Waals surface area contributed by atoms with Crippen molar-refractivity contribution in [1.82, 2.24) is 0 Å². The molecule has 0 aliphatic rings. The van der Waals surface area contributed by atoms with Crippen LogP contribution < -0.4 is 18.9 Å². The van der Waals surface area contributed by atoms with Crippen molar-refractivity contribution in [2.75, 3.05) is 6.61 Å². The molecule has 0 unspecified atom stereocenters. The van der Waals surface area contributed by atoms with E-state index in [1.807, 2.05) is 0 Å². The molecule has 0 fully saturated rings. The van der Waals surface area contributed by atoms with Crippen LogP contribution in [0.5, 0.6) is 0 Å². The Kier molecular flexibility index (Phi) is 6.85. The van der Waals surface area contributed by atoms with Crippen molar-refractivity contribution in [2.45, 2.75) is 26.6 Å². The monoisotopic (exact) mass is 206 g/mol. The molecule has 0 N–H and O–H groups in total. The summed E-state index contributed by atoms with van der Waals surface area (Å²) >= 11 is 0. The van der Waals surface area contributed by atoms with Crippen LogP contribution in [0.2, 0.25) is 19.6 Å². The molecule has 0 aliphatic heterocycles. The zero-order valence-electron chi connectivity index (χ0n) is 9.25. The molecule has 0 atom stereocenters. The fraction of sp³-hybridized carbons (Fsp3) is 1.00. The van der Waals surface area contributed by atoms with E-state index in [4.69, 9.17) is 3.87 Å². The molecule has 70 valence electrons. The second-order valence-electron chi connectivity index (χ2n) is 3.01. The van der Waals surface area contributed by atoms with Crippen molar-refractivity contribution >= 4 is 18.7 Å². The van der Waals surface area contributed by atoms with Crippen LogP contribution in [0, 0.1) is 0 Å². The molecule has 0 aromatic heterocycles. The minimum Gasteiger partial charge on any atom is -1.00 e. The Morgan fingerprint density at radius 3 is 2.00 bits per heavy atom. The van der Waals surface area contributed by atoms with Crippen molar-refractivity contribution in [1.29, 1.82) is 0 Å². The molecule has 0 bridgehead atoms. The molecule has 0 aromatic rings. The Hall–Kier alpha value is 0.684. The first-order valence-corrected chi connectivity index (χ1v) is 8.11. The van der Waals surface area contributed by atoms with Crippen LogP contribution in [0.4, 0.5) is 0 Å². The minimum atomic E-state index is -3.73. The average molecular weight is 206 g/mol. The smallest absolute Gasteiger partial charge is 1.00 e. The van der Waals surface area contributed by atoms with Crippen LogP contribution in [0.3, 0.4) is 0 Å². The maximum absolute atomic E-state index is 10.8. The van der Waals surface area contributed by atoms with Gasteiger partial charge < -0.3 is 1.43 Å². The summed E-state index contributed by atoms with van der Waals surface area (Å²) < 4.78 is 30.8. The molecule has 12 heavy (non-hydrogen) atoms. The van der Waals surface area contributed by atoms with Gasteiger partial charge in [-0.3, -0.25) is 3.87 Å². The summed E-state index contributed by atoms with van der Waals surface area (Å²) in [6.45, 7) is 7.06. The molecule has 0 saturated heterocycles. The van der Waals surface area contributed by atoms with Crippen molar-refractivity contribution in [3.8, 4) is 0 Å². The molecule has 0 amide bonds. The van der Waals surface area contributed by atoms with E-state index >= 15 is 0 Å². The van der Waals surface area contributed by atoms with Crippen LogP contribution in [0.15, 0.2) is 0 Å². The van der Waals surface area contributed by atoms with Gasteiger partial charge in [-0.2, -0.15) is 8.42 Å². The van der Waals surface area contributed by atoms with E-state index in [2.05, 4.69) is 4.18 Å². The van der Waals surface area contributed by atoms with Gasteiger partial charge in [-0.05, 0) is 26.6 Å². The molecule has 7 heteroatoms. The third-order valence-corrected chi connectivity index (χ3v) is 3.96. The second-order valence-corrected chi connectivity index (χ2v) is 8.95. The predicted molar refractivity (Wildman–Crippen MR) is 46.1 cm³/mol. The first-order valence-electron chi connectivity index (χ1n) is 3.37. The van der Waals surface area contributed by atoms with E-state index in [9.17, 15) is 8.42 Å². The van der Waals surface area contributed by atoms with Gasteiger partial charge in [0.2, 0.25) is 8.32 Å². The third kappa shape index (κ3) is 8.78. The fourth-order valence-corrected chi connectivity index (χ4v) is 3.41. The Morgan fingerprint density at radius 1 is 1.33 bits per heavy atom. The van der Waals surface area contributed by atoms with Crippen LogP contribution in [-0.2, 0) is 18.5 Å².